The first-order valence-corrected chi connectivity index (χ1v) is 7.83. The molecule has 0 atom stereocenters. The van der Waals surface area contributed by atoms with E-state index < -0.39 is 27.4 Å². The second-order valence-electron chi connectivity index (χ2n) is 4.32. The quantitative estimate of drug-likeness (QED) is 0.935. The van der Waals surface area contributed by atoms with Crippen molar-refractivity contribution < 1.29 is 22.7 Å². The summed E-state index contributed by atoms with van der Waals surface area (Å²) in [6, 6.07) is 8.28. The molecule has 0 bridgehead atoms. The Bertz CT molecular complexity index is 785. The van der Waals surface area contributed by atoms with Gasteiger partial charge < -0.3 is 5.11 Å². The van der Waals surface area contributed by atoms with Crippen LogP contribution in [0.2, 0.25) is 5.02 Å². The fourth-order valence-corrected chi connectivity index (χ4v) is 3.38. The number of rotatable bonds is 4. The molecule has 0 aliphatic carbocycles. The second-order valence-corrected chi connectivity index (χ2v) is 6.72. The van der Waals surface area contributed by atoms with E-state index in [4.69, 9.17) is 16.7 Å². The molecule has 0 amide bonds. The Morgan fingerprint density at radius 2 is 1.76 bits per heavy atom. The van der Waals surface area contributed by atoms with E-state index in [1.807, 2.05) is 0 Å². The van der Waals surface area contributed by atoms with E-state index in [-0.39, 0.29) is 21.0 Å². The maximum atomic E-state index is 13.1. The molecular formula is C14H10ClFO4S. The van der Waals surface area contributed by atoms with E-state index >= 15 is 0 Å². The summed E-state index contributed by atoms with van der Waals surface area (Å²) in [7, 11) is -3.74. The lowest BCUT2D eigenvalue weighted by molar-refractivity contribution is 0.0696. The minimum atomic E-state index is -3.74. The molecule has 7 heteroatoms. The molecule has 0 aliphatic rings. The highest BCUT2D eigenvalue weighted by Crippen LogP contribution is 2.23. The van der Waals surface area contributed by atoms with E-state index in [2.05, 4.69) is 0 Å². The van der Waals surface area contributed by atoms with Crippen LogP contribution in [0.15, 0.2) is 47.4 Å². The SMILES string of the molecule is O=C(O)c1ccc(S(=O)(=O)Cc2cc(F)ccc2Cl)cc1. The van der Waals surface area contributed by atoms with Crippen molar-refractivity contribution in [2.75, 3.05) is 0 Å². The van der Waals surface area contributed by atoms with Crippen molar-refractivity contribution in [1.82, 2.24) is 0 Å². The van der Waals surface area contributed by atoms with Gasteiger partial charge in [0, 0.05) is 5.02 Å². The maximum absolute atomic E-state index is 13.1. The summed E-state index contributed by atoms with van der Waals surface area (Å²) < 4.78 is 37.6. The minimum Gasteiger partial charge on any atom is -0.478 e. The van der Waals surface area contributed by atoms with Crippen LogP contribution in [0.5, 0.6) is 0 Å². The van der Waals surface area contributed by atoms with Crippen LogP contribution in [0.3, 0.4) is 0 Å². The van der Waals surface area contributed by atoms with Crippen LogP contribution in [0, 0.1) is 5.82 Å². The molecule has 0 spiro atoms. The summed E-state index contributed by atoms with van der Waals surface area (Å²) >= 11 is 5.85. The number of carbonyl (C=O) groups is 1. The van der Waals surface area contributed by atoms with Crippen LogP contribution in [-0.4, -0.2) is 19.5 Å². The van der Waals surface area contributed by atoms with Crippen molar-refractivity contribution in [1.29, 1.82) is 0 Å². The smallest absolute Gasteiger partial charge is 0.335 e. The third-order valence-electron chi connectivity index (χ3n) is 2.81. The Hall–Kier alpha value is -1.92. The lowest BCUT2D eigenvalue weighted by atomic mass is 10.2. The summed E-state index contributed by atoms with van der Waals surface area (Å²) in [5.41, 5.74) is 0.136. The molecule has 0 aromatic heterocycles. The molecule has 0 unspecified atom stereocenters. The molecule has 2 aromatic rings. The predicted molar refractivity (Wildman–Crippen MR) is 75.7 cm³/mol. The summed E-state index contributed by atoms with van der Waals surface area (Å²) in [5, 5.41) is 8.93. The fourth-order valence-electron chi connectivity index (χ4n) is 1.75. The number of benzene rings is 2. The van der Waals surface area contributed by atoms with Gasteiger partial charge in [0.1, 0.15) is 5.82 Å². The summed E-state index contributed by atoms with van der Waals surface area (Å²) in [6.45, 7) is 0. The average Bonchev–Trinajstić information content (AvgIpc) is 2.43. The van der Waals surface area contributed by atoms with Crippen molar-refractivity contribution in [2.45, 2.75) is 10.6 Å². The van der Waals surface area contributed by atoms with Crippen molar-refractivity contribution in [3.8, 4) is 0 Å². The lowest BCUT2D eigenvalue weighted by Crippen LogP contribution is -2.06. The van der Waals surface area contributed by atoms with Crippen LogP contribution in [0.4, 0.5) is 4.39 Å². The van der Waals surface area contributed by atoms with Crippen LogP contribution in [0.25, 0.3) is 0 Å². The highest BCUT2D eigenvalue weighted by Gasteiger charge is 2.18. The van der Waals surface area contributed by atoms with E-state index in [1.54, 1.807) is 0 Å². The van der Waals surface area contributed by atoms with Gasteiger partial charge in [-0.2, -0.15) is 0 Å². The van der Waals surface area contributed by atoms with Gasteiger partial charge in [0.05, 0.1) is 16.2 Å². The third kappa shape index (κ3) is 3.59. The molecule has 2 rings (SSSR count). The van der Waals surface area contributed by atoms with Gasteiger partial charge in [0.15, 0.2) is 9.84 Å². The zero-order valence-corrected chi connectivity index (χ0v) is 12.2. The zero-order valence-electron chi connectivity index (χ0n) is 10.6. The standard InChI is InChI=1S/C14H10ClFO4S/c15-13-6-3-11(16)7-10(13)8-21(19,20)12-4-1-9(2-5-12)14(17)18/h1-7H,8H2,(H,17,18). The number of carboxylic acid groups (broad SMARTS) is 1. The highest BCUT2D eigenvalue weighted by molar-refractivity contribution is 7.90. The van der Waals surface area contributed by atoms with Gasteiger partial charge in [-0.25, -0.2) is 17.6 Å². The number of aromatic carboxylic acids is 1. The van der Waals surface area contributed by atoms with Gasteiger partial charge in [-0.1, -0.05) is 11.6 Å². The Morgan fingerprint density at radius 1 is 1.14 bits per heavy atom. The van der Waals surface area contributed by atoms with Crippen LogP contribution >= 0.6 is 11.6 Å². The van der Waals surface area contributed by atoms with Crippen molar-refractivity contribution in [3.05, 3.63) is 64.4 Å². The minimum absolute atomic E-state index is 0.0160. The molecule has 4 nitrogen and oxygen atoms in total. The van der Waals surface area contributed by atoms with Crippen LogP contribution in [-0.2, 0) is 15.6 Å². The zero-order chi connectivity index (χ0) is 15.6. The van der Waals surface area contributed by atoms with Crippen LogP contribution in [0.1, 0.15) is 15.9 Å². The fraction of sp³-hybridized carbons (Fsp3) is 0.0714. The Labute approximate surface area is 125 Å². The summed E-state index contributed by atoms with van der Waals surface area (Å²) in [5.74, 6) is -2.19. The number of hydrogen-bond donors (Lipinski definition) is 1. The van der Waals surface area contributed by atoms with E-state index in [0.717, 1.165) is 12.1 Å². The Balaban J connectivity index is 2.34. The molecule has 2 aromatic carbocycles. The number of carboxylic acids is 1. The third-order valence-corrected chi connectivity index (χ3v) is 4.86. The normalized spacial score (nSPS) is 11.3. The molecule has 21 heavy (non-hydrogen) atoms. The number of halogens is 2. The molecule has 0 aliphatic heterocycles. The van der Waals surface area contributed by atoms with Crippen molar-refractivity contribution in [3.63, 3.8) is 0 Å². The summed E-state index contributed by atoms with van der Waals surface area (Å²) in [4.78, 5) is 10.7. The predicted octanol–water partition coefficient (Wildman–Crippen LogP) is 3.15. The molecule has 1 N–H and O–H groups in total. The molecular weight excluding hydrogens is 319 g/mol. The molecule has 110 valence electrons. The monoisotopic (exact) mass is 328 g/mol. The molecule has 0 saturated heterocycles. The first-order valence-electron chi connectivity index (χ1n) is 5.79. The van der Waals surface area contributed by atoms with Gasteiger partial charge in [-0.15, -0.1) is 0 Å². The maximum Gasteiger partial charge on any atom is 0.335 e. The van der Waals surface area contributed by atoms with Gasteiger partial charge in [-0.05, 0) is 48.0 Å². The van der Waals surface area contributed by atoms with Gasteiger partial charge in [0.25, 0.3) is 0 Å². The summed E-state index contributed by atoms with van der Waals surface area (Å²) in [6.07, 6.45) is 0. The highest BCUT2D eigenvalue weighted by atomic mass is 35.5. The van der Waals surface area contributed by atoms with E-state index in [9.17, 15) is 17.6 Å². The molecule has 0 heterocycles. The molecule has 0 saturated carbocycles. The van der Waals surface area contributed by atoms with Gasteiger partial charge in [0.2, 0.25) is 0 Å². The molecule has 0 radical (unpaired) electrons. The first kappa shape index (κ1) is 15.5. The van der Waals surface area contributed by atoms with E-state index in [1.165, 1.54) is 30.3 Å². The average molecular weight is 329 g/mol. The number of hydrogen-bond acceptors (Lipinski definition) is 3. The first-order chi connectivity index (χ1) is 9.79. The molecule has 0 fully saturated rings. The largest absolute Gasteiger partial charge is 0.478 e. The topological polar surface area (TPSA) is 71.4 Å². The Morgan fingerprint density at radius 3 is 2.33 bits per heavy atom. The lowest BCUT2D eigenvalue weighted by Gasteiger charge is -2.07. The van der Waals surface area contributed by atoms with E-state index in [0.29, 0.717) is 0 Å². The van der Waals surface area contributed by atoms with Gasteiger partial charge >= 0.3 is 5.97 Å². The van der Waals surface area contributed by atoms with Crippen molar-refractivity contribution >= 4 is 27.4 Å². The Kier molecular flexibility index (Phi) is 4.29. The van der Waals surface area contributed by atoms with Crippen molar-refractivity contribution in [2.24, 2.45) is 0 Å². The second kappa shape index (κ2) is 5.83. The number of sulfone groups is 1. The van der Waals surface area contributed by atoms with Gasteiger partial charge in [-0.3, -0.25) is 0 Å². The van der Waals surface area contributed by atoms with Crippen LogP contribution < -0.4 is 0 Å².